The fourth-order valence-corrected chi connectivity index (χ4v) is 10.5. The Balaban J connectivity index is 0.0000141. The summed E-state index contributed by atoms with van der Waals surface area (Å²) in [4.78, 5) is 27.6. The smallest absolute Gasteiger partial charge is 0.726 e. The first-order valence-electron chi connectivity index (χ1n) is 22.7. The Morgan fingerprint density at radius 1 is 0.712 bits per heavy atom. The number of aromatic hydroxyl groups is 2. The SMILES string of the molecule is CCCCCCCC[C@@H](C)C[C@H](OS(=O)(=O)[O-])[C@H](CC[C@H](CCCCCCCCCCCCC(=O)N[C@H]1CC[C@@H]2c3c(O)cc(O)cc3CCN2C1=O)OS(=O)(=O)[O-])OS(=O)(=O)[O-].[Na+].[Na+].[Na+]. The van der Waals surface area contributed by atoms with Crippen molar-refractivity contribution in [2.75, 3.05) is 6.54 Å². The number of hydrogen-bond donors (Lipinski definition) is 3. The molecule has 2 amide bonds. The van der Waals surface area contributed by atoms with Gasteiger partial charge in [0.1, 0.15) is 29.7 Å². The third-order valence-electron chi connectivity index (χ3n) is 12.0. The van der Waals surface area contributed by atoms with Gasteiger partial charge in [-0.25, -0.2) is 25.3 Å². The third-order valence-corrected chi connectivity index (χ3v) is 13.5. The second kappa shape index (κ2) is 33.9. The Bertz CT molecular complexity index is 1910. The molecule has 0 bridgehead atoms. The molecule has 0 aromatic heterocycles. The molecule has 1 aromatic rings. The summed E-state index contributed by atoms with van der Waals surface area (Å²) in [5.74, 6) is -0.614. The molecule has 3 N–H and O–H groups in total. The molecule has 1 aromatic carbocycles. The van der Waals surface area contributed by atoms with Gasteiger partial charge < -0.3 is 34.1 Å². The number of carbonyl (C=O) groups is 2. The van der Waals surface area contributed by atoms with Crippen LogP contribution in [0.1, 0.15) is 185 Å². The van der Waals surface area contributed by atoms with Gasteiger partial charge in [-0.2, -0.15) is 0 Å². The molecule has 1 fully saturated rings. The Kier molecular flexibility index (Phi) is 34.1. The summed E-state index contributed by atoms with van der Waals surface area (Å²) >= 11 is 0. The minimum atomic E-state index is -5.42. The third kappa shape index (κ3) is 27.3. The summed E-state index contributed by atoms with van der Waals surface area (Å²) in [6.07, 6.45) is 11.2. The number of nitrogens with zero attached hydrogens (tertiary/aromatic N) is 1. The van der Waals surface area contributed by atoms with E-state index in [-0.39, 0.29) is 143 Å². The molecule has 6 atom stereocenters. The van der Waals surface area contributed by atoms with Crippen LogP contribution >= 0.6 is 0 Å². The van der Waals surface area contributed by atoms with Crippen molar-refractivity contribution in [1.82, 2.24) is 10.2 Å². The van der Waals surface area contributed by atoms with Crippen LogP contribution in [-0.2, 0) is 59.8 Å². The maximum Gasteiger partial charge on any atom is 1.00 e. The topological polar surface area (TPSA) is 289 Å². The number of fused-ring (bicyclic) bond motifs is 3. The summed E-state index contributed by atoms with van der Waals surface area (Å²) in [7, 11) is -16.0. The van der Waals surface area contributed by atoms with Gasteiger partial charge in [-0.05, 0) is 68.9 Å². The summed E-state index contributed by atoms with van der Waals surface area (Å²) in [5, 5.41) is 23.2. The molecular weight excluding hydrogens is 954 g/mol. The second-order valence-corrected chi connectivity index (χ2v) is 20.3. The molecule has 0 spiro atoms. The van der Waals surface area contributed by atoms with E-state index in [9.17, 15) is 58.7 Å². The van der Waals surface area contributed by atoms with Crippen LogP contribution in [0.4, 0.5) is 0 Å². The largest absolute Gasteiger partial charge is 1.00 e. The van der Waals surface area contributed by atoms with Gasteiger partial charge in [-0.3, -0.25) is 22.1 Å². The van der Waals surface area contributed by atoms with Gasteiger partial charge in [0.2, 0.25) is 43.0 Å². The van der Waals surface area contributed by atoms with E-state index in [0.717, 1.165) is 89.0 Å². The Morgan fingerprint density at radius 2 is 1.23 bits per heavy atom. The average Bonchev–Trinajstić information content (AvgIpc) is 3.17. The zero-order valence-corrected chi connectivity index (χ0v) is 48.2. The molecule has 1 saturated heterocycles. The van der Waals surface area contributed by atoms with E-state index in [1.165, 1.54) is 6.07 Å². The summed E-state index contributed by atoms with van der Waals surface area (Å²) < 4.78 is 118. The fraction of sp³-hybridized carbons (Fsp3) is 0.810. The van der Waals surface area contributed by atoms with Crippen LogP contribution < -0.4 is 94.0 Å². The van der Waals surface area contributed by atoms with Crippen LogP contribution in [0.5, 0.6) is 11.5 Å². The molecule has 24 heteroatoms. The van der Waals surface area contributed by atoms with Crippen LogP contribution in [0.3, 0.4) is 0 Å². The first kappa shape index (κ1) is 66.4. The van der Waals surface area contributed by atoms with Crippen LogP contribution in [0.2, 0.25) is 0 Å². The van der Waals surface area contributed by atoms with E-state index in [0.29, 0.717) is 63.5 Å². The van der Waals surface area contributed by atoms with Crippen molar-refractivity contribution in [3.8, 4) is 11.5 Å². The van der Waals surface area contributed by atoms with E-state index < -0.39 is 62.0 Å². The van der Waals surface area contributed by atoms with Gasteiger partial charge >= 0.3 is 88.7 Å². The fourth-order valence-electron chi connectivity index (χ4n) is 8.91. The van der Waals surface area contributed by atoms with Crippen molar-refractivity contribution in [2.24, 2.45) is 5.92 Å². The summed E-state index contributed by atoms with van der Waals surface area (Å²) in [5.41, 5.74) is 1.50. The van der Waals surface area contributed by atoms with E-state index in [1.807, 2.05) is 0 Å². The number of benzene rings is 1. The maximum absolute atomic E-state index is 13.2. The van der Waals surface area contributed by atoms with Gasteiger partial charge in [0.25, 0.3) is 0 Å². The first-order chi connectivity index (χ1) is 29.7. The molecule has 3 rings (SSSR count). The van der Waals surface area contributed by atoms with Crippen LogP contribution in [0, 0.1) is 5.92 Å². The Labute approximate surface area is 460 Å². The van der Waals surface area contributed by atoms with E-state index >= 15 is 0 Å². The number of phenols is 2. The Hall–Kier alpha value is 0.370. The summed E-state index contributed by atoms with van der Waals surface area (Å²) in [6, 6.07) is 2.03. The molecular formula is C42H69N2Na3O16S3. The number of piperidine rings is 1. The summed E-state index contributed by atoms with van der Waals surface area (Å²) in [6.45, 7) is 4.31. The first-order valence-corrected chi connectivity index (χ1v) is 26.7. The molecule has 2 heterocycles. The van der Waals surface area contributed by atoms with E-state index in [1.54, 1.807) is 17.9 Å². The van der Waals surface area contributed by atoms with Crippen molar-refractivity contribution in [3.63, 3.8) is 0 Å². The number of rotatable bonds is 33. The van der Waals surface area contributed by atoms with Crippen molar-refractivity contribution in [1.29, 1.82) is 0 Å². The molecule has 0 unspecified atom stereocenters. The quantitative estimate of drug-likeness (QED) is 0.0286. The number of amides is 2. The number of hydrogen-bond acceptors (Lipinski definition) is 16. The molecule has 0 aliphatic carbocycles. The van der Waals surface area contributed by atoms with Gasteiger partial charge in [-0.15, -0.1) is 0 Å². The van der Waals surface area contributed by atoms with Crippen molar-refractivity contribution < 1.29 is 160 Å². The molecule has 0 saturated carbocycles. The van der Waals surface area contributed by atoms with Gasteiger partial charge in [0, 0.05) is 24.6 Å². The average molecular weight is 1020 g/mol. The van der Waals surface area contributed by atoms with Gasteiger partial charge in [-0.1, -0.05) is 117 Å². The predicted octanol–water partition coefficient (Wildman–Crippen LogP) is -2.41. The minimum Gasteiger partial charge on any atom is -0.726 e. The molecule has 2 aliphatic heterocycles. The minimum absolute atomic E-state index is 0. The van der Waals surface area contributed by atoms with E-state index in [4.69, 9.17) is 4.18 Å². The molecule has 18 nitrogen and oxygen atoms in total. The van der Waals surface area contributed by atoms with Gasteiger partial charge in [0.15, 0.2) is 0 Å². The van der Waals surface area contributed by atoms with Crippen LogP contribution in [-0.4, -0.2) is 96.7 Å². The molecule has 66 heavy (non-hydrogen) atoms. The number of carbonyl (C=O) groups excluding carboxylic acids is 2. The number of nitrogens with one attached hydrogen (secondary N) is 1. The predicted molar refractivity (Wildman–Crippen MR) is 229 cm³/mol. The monoisotopic (exact) mass is 1020 g/mol. The van der Waals surface area contributed by atoms with Crippen molar-refractivity contribution in [3.05, 3.63) is 23.3 Å². The molecule has 0 radical (unpaired) electrons. The maximum atomic E-state index is 13.2. The number of unbranched alkanes of at least 4 members (excludes halogenated alkanes) is 14. The zero-order chi connectivity index (χ0) is 46.6. The standard InChI is InChI=1S/C42H72N2O16S3.3Na/c1-3-4-5-6-13-16-19-31(2)28-39(60-63(55,56)57)38(59-62(52,53)54)25-22-34(58-61(49,50)51)20-17-14-11-9-7-8-10-12-15-18-21-40(47)43-35-23-24-36-41-32(26-27-44(36)42(35)48)29-33(45)30-37(41)46;;;/h29-31,34-36,38-39,45-46H,3-28H2,1-2H3,(H,43,47)(H,49,50,51)(H,52,53,54)(H,55,56,57);;;/q;3*+1/p-3/t31-,34+,35+,36-,38+,39+;;;/m1.../s1. The van der Waals surface area contributed by atoms with Crippen LogP contribution in [0.15, 0.2) is 12.1 Å². The molecule has 2 aliphatic rings. The normalized spacial score (nSPS) is 18.1. The van der Waals surface area contributed by atoms with E-state index in [2.05, 4.69) is 20.6 Å². The zero-order valence-electron chi connectivity index (χ0n) is 39.8. The van der Waals surface area contributed by atoms with Crippen LogP contribution in [0.25, 0.3) is 0 Å². The Morgan fingerprint density at radius 3 is 1.79 bits per heavy atom. The molecule has 364 valence electrons. The second-order valence-electron chi connectivity index (χ2n) is 17.3. The van der Waals surface area contributed by atoms with Crippen molar-refractivity contribution >= 4 is 43.0 Å². The number of phenolic OH excluding ortho intramolecular Hbond substituents is 2. The van der Waals surface area contributed by atoms with Crippen molar-refractivity contribution in [2.45, 2.75) is 205 Å². The van der Waals surface area contributed by atoms with Gasteiger partial charge in [0.05, 0.1) is 12.1 Å².